The molecule has 4 aromatic rings. The fraction of sp³-hybridized carbons (Fsp3) is 0.214. The lowest BCUT2D eigenvalue weighted by molar-refractivity contribution is 0.102. The lowest BCUT2D eigenvalue weighted by atomic mass is 9.99. The molecule has 1 aliphatic heterocycles. The average Bonchev–Trinajstić information content (AvgIpc) is 3.31. The standard InChI is InChI=1S/C28H27N3O/c1-19-20(2)29-26-14-13-24(30-28(32)22-11-7-4-8-12-22)17-25(26)27(19)31-16-15-23(18-31)21-9-5-3-6-10-21/h3-14,17,23H,15-16,18H2,1-2H3,(H,30,32). The molecule has 2 heterocycles. The summed E-state index contributed by atoms with van der Waals surface area (Å²) in [6, 6.07) is 26.1. The smallest absolute Gasteiger partial charge is 0.255 e. The van der Waals surface area contributed by atoms with Gasteiger partial charge in [-0.3, -0.25) is 9.78 Å². The van der Waals surface area contributed by atoms with E-state index in [1.807, 2.05) is 42.5 Å². The van der Waals surface area contributed by atoms with Crippen molar-refractivity contribution in [1.82, 2.24) is 4.98 Å². The van der Waals surface area contributed by atoms with Gasteiger partial charge in [0, 0.05) is 41.3 Å². The number of hydrogen-bond donors (Lipinski definition) is 1. The SMILES string of the molecule is Cc1nc2ccc(NC(=O)c3ccccc3)cc2c(N2CCC(c3ccccc3)C2)c1C. The fourth-order valence-electron chi connectivity index (χ4n) is 4.70. The maximum Gasteiger partial charge on any atom is 0.255 e. The Balaban J connectivity index is 1.50. The van der Waals surface area contributed by atoms with Crippen LogP contribution in [-0.2, 0) is 0 Å². The molecule has 0 bridgehead atoms. The number of fused-ring (bicyclic) bond motifs is 1. The highest BCUT2D eigenvalue weighted by Crippen LogP contribution is 2.38. The summed E-state index contributed by atoms with van der Waals surface area (Å²) in [6.07, 6.45) is 1.14. The van der Waals surface area contributed by atoms with Gasteiger partial charge in [-0.25, -0.2) is 0 Å². The molecule has 5 rings (SSSR count). The highest BCUT2D eigenvalue weighted by molar-refractivity contribution is 6.06. The molecule has 1 saturated heterocycles. The van der Waals surface area contributed by atoms with E-state index in [2.05, 4.69) is 60.5 Å². The number of carbonyl (C=O) groups is 1. The van der Waals surface area contributed by atoms with Gasteiger partial charge >= 0.3 is 0 Å². The summed E-state index contributed by atoms with van der Waals surface area (Å²) in [5.41, 5.74) is 7.30. The number of carbonyl (C=O) groups excluding carboxylic acids is 1. The third-order valence-corrected chi connectivity index (χ3v) is 6.51. The van der Waals surface area contributed by atoms with Gasteiger partial charge in [-0.2, -0.15) is 0 Å². The minimum atomic E-state index is -0.103. The molecular weight excluding hydrogens is 394 g/mol. The van der Waals surface area contributed by atoms with Crippen LogP contribution in [0.25, 0.3) is 10.9 Å². The van der Waals surface area contributed by atoms with Crippen LogP contribution in [0, 0.1) is 13.8 Å². The van der Waals surface area contributed by atoms with Crippen molar-refractivity contribution in [3.63, 3.8) is 0 Å². The third-order valence-electron chi connectivity index (χ3n) is 6.51. The van der Waals surface area contributed by atoms with E-state index in [4.69, 9.17) is 4.98 Å². The van der Waals surface area contributed by atoms with Gasteiger partial charge in [-0.15, -0.1) is 0 Å². The van der Waals surface area contributed by atoms with Crippen LogP contribution in [0.5, 0.6) is 0 Å². The second-order valence-corrected chi connectivity index (χ2v) is 8.57. The summed E-state index contributed by atoms with van der Waals surface area (Å²) >= 11 is 0. The van der Waals surface area contributed by atoms with Gasteiger partial charge in [-0.1, -0.05) is 48.5 Å². The Morgan fingerprint density at radius 1 is 0.969 bits per heavy atom. The Kier molecular flexibility index (Phi) is 5.36. The Hall–Kier alpha value is -3.66. The quantitative estimate of drug-likeness (QED) is 0.433. The van der Waals surface area contributed by atoms with E-state index < -0.39 is 0 Å². The molecule has 0 aliphatic carbocycles. The number of aromatic nitrogens is 1. The number of benzene rings is 3. The predicted octanol–water partition coefficient (Wildman–Crippen LogP) is 6.10. The van der Waals surface area contributed by atoms with Crippen molar-refractivity contribution in [3.8, 4) is 0 Å². The van der Waals surface area contributed by atoms with Crippen LogP contribution in [-0.4, -0.2) is 24.0 Å². The highest BCUT2D eigenvalue weighted by Gasteiger charge is 2.27. The summed E-state index contributed by atoms with van der Waals surface area (Å²) < 4.78 is 0. The first kappa shape index (κ1) is 20.3. The molecule has 160 valence electrons. The number of anilines is 2. The first-order chi connectivity index (χ1) is 15.6. The molecule has 1 atom stereocenters. The number of hydrogen-bond acceptors (Lipinski definition) is 3. The Morgan fingerprint density at radius 2 is 1.69 bits per heavy atom. The number of pyridine rings is 1. The minimum Gasteiger partial charge on any atom is -0.370 e. The Labute approximate surface area is 188 Å². The largest absolute Gasteiger partial charge is 0.370 e. The van der Waals surface area contributed by atoms with E-state index in [-0.39, 0.29) is 5.91 Å². The normalized spacial score (nSPS) is 15.8. The van der Waals surface area contributed by atoms with Crippen molar-refractivity contribution < 1.29 is 4.79 Å². The molecular formula is C28H27N3O. The van der Waals surface area contributed by atoms with Gasteiger partial charge in [0.2, 0.25) is 0 Å². The van der Waals surface area contributed by atoms with E-state index in [0.29, 0.717) is 11.5 Å². The van der Waals surface area contributed by atoms with E-state index in [1.165, 1.54) is 16.8 Å². The highest BCUT2D eigenvalue weighted by atomic mass is 16.1. The summed E-state index contributed by atoms with van der Waals surface area (Å²) in [4.78, 5) is 20.0. The topological polar surface area (TPSA) is 45.2 Å². The van der Waals surface area contributed by atoms with Gasteiger partial charge in [0.15, 0.2) is 0 Å². The predicted molar refractivity (Wildman–Crippen MR) is 132 cm³/mol. The maximum atomic E-state index is 12.7. The number of rotatable bonds is 4. The zero-order valence-electron chi connectivity index (χ0n) is 18.5. The van der Waals surface area contributed by atoms with Crippen molar-refractivity contribution in [2.45, 2.75) is 26.2 Å². The third kappa shape index (κ3) is 3.84. The molecule has 3 aromatic carbocycles. The molecule has 4 nitrogen and oxygen atoms in total. The van der Waals surface area contributed by atoms with Gasteiger partial charge in [0.1, 0.15) is 0 Å². The van der Waals surface area contributed by atoms with Gasteiger partial charge in [-0.05, 0) is 61.7 Å². The zero-order chi connectivity index (χ0) is 22.1. The second-order valence-electron chi connectivity index (χ2n) is 8.57. The van der Waals surface area contributed by atoms with E-state index in [0.717, 1.165) is 41.8 Å². The van der Waals surface area contributed by atoms with Gasteiger partial charge in [0.05, 0.1) is 11.2 Å². The van der Waals surface area contributed by atoms with Crippen LogP contribution < -0.4 is 10.2 Å². The molecule has 0 radical (unpaired) electrons. The van der Waals surface area contributed by atoms with Crippen LogP contribution in [0.1, 0.15) is 39.5 Å². The molecule has 1 aliphatic rings. The zero-order valence-corrected chi connectivity index (χ0v) is 18.5. The molecule has 1 unspecified atom stereocenters. The number of aryl methyl sites for hydroxylation is 1. The lowest BCUT2D eigenvalue weighted by Gasteiger charge is -2.24. The summed E-state index contributed by atoms with van der Waals surface area (Å²) in [6.45, 7) is 6.24. The number of nitrogens with zero attached hydrogens (tertiary/aromatic N) is 2. The molecule has 4 heteroatoms. The Morgan fingerprint density at radius 3 is 2.44 bits per heavy atom. The van der Waals surface area contributed by atoms with Crippen molar-refractivity contribution in [2.24, 2.45) is 0 Å². The van der Waals surface area contributed by atoms with Crippen LogP contribution >= 0.6 is 0 Å². The van der Waals surface area contributed by atoms with Crippen LogP contribution in [0.4, 0.5) is 11.4 Å². The first-order valence-corrected chi connectivity index (χ1v) is 11.2. The van der Waals surface area contributed by atoms with Crippen LogP contribution in [0.2, 0.25) is 0 Å². The van der Waals surface area contributed by atoms with Crippen LogP contribution in [0.15, 0.2) is 78.9 Å². The van der Waals surface area contributed by atoms with Gasteiger partial charge in [0.25, 0.3) is 5.91 Å². The molecule has 0 saturated carbocycles. The van der Waals surface area contributed by atoms with Crippen molar-refractivity contribution >= 4 is 28.2 Å². The molecule has 1 fully saturated rings. The van der Waals surface area contributed by atoms with Crippen molar-refractivity contribution in [2.75, 3.05) is 23.3 Å². The summed E-state index contributed by atoms with van der Waals surface area (Å²) in [5.74, 6) is 0.425. The number of nitrogens with one attached hydrogen (secondary N) is 1. The molecule has 1 amide bonds. The molecule has 1 aromatic heterocycles. The molecule has 32 heavy (non-hydrogen) atoms. The van der Waals surface area contributed by atoms with Gasteiger partial charge < -0.3 is 10.2 Å². The Bertz CT molecular complexity index is 1270. The van der Waals surface area contributed by atoms with Crippen molar-refractivity contribution in [3.05, 3.63) is 101 Å². The first-order valence-electron chi connectivity index (χ1n) is 11.2. The molecule has 0 spiro atoms. The monoisotopic (exact) mass is 421 g/mol. The van der Waals surface area contributed by atoms with E-state index >= 15 is 0 Å². The average molecular weight is 422 g/mol. The summed E-state index contributed by atoms with van der Waals surface area (Å²) in [5, 5.41) is 4.14. The fourth-order valence-corrected chi connectivity index (χ4v) is 4.70. The summed E-state index contributed by atoms with van der Waals surface area (Å²) in [7, 11) is 0. The van der Waals surface area contributed by atoms with Crippen LogP contribution in [0.3, 0.4) is 0 Å². The van der Waals surface area contributed by atoms with E-state index in [9.17, 15) is 4.79 Å². The molecule has 1 N–H and O–H groups in total. The van der Waals surface area contributed by atoms with E-state index in [1.54, 1.807) is 0 Å². The van der Waals surface area contributed by atoms with Crippen molar-refractivity contribution in [1.29, 1.82) is 0 Å². The maximum absolute atomic E-state index is 12.7. The minimum absolute atomic E-state index is 0.103. The number of amides is 1. The second kappa shape index (κ2) is 8.46. The lowest BCUT2D eigenvalue weighted by Crippen LogP contribution is -2.21.